The van der Waals surface area contributed by atoms with Crippen LogP contribution in [0.15, 0.2) is 65.2 Å². The maximum atomic E-state index is 12.2. The van der Waals surface area contributed by atoms with Crippen LogP contribution in [0.3, 0.4) is 0 Å². The largest absolute Gasteiger partial charge is 0.393 e. The van der Waals surface area contributed by atoms with Crippen molar-refractivity contribution in [1.82, 2.24) is 0 Å². The van der Waals surface area contributed by atoms with Crippen molar-refractivity contribution in [3.05, 3.63) is 71.3 Å². The van der Waals surface area contributed by atoms with E-state index in [0.717, 1.165) is 16.8 Å². The van der Waals surface area contributed by atoms with Gasteiger partial charge in [-0.15, -0.1) is 0 Å². The first-order valence-corrected chi connectivity index (χ1v) is 8.47. The predicted molar refractivity (Wildman–Crippen MR) is 95.0 cm³/mol. The molecule has 2 aliphatic carbocycles. The number of carbonyl (C=O) groups is 1. The van der Waals surface area contributed by atoms with Crippen LogP contribution in [0, 0.1) is 17.2 Å². The van der Waals surface area contributed by atoms with Gasteiger partial charge in [-0.3, -0.25) is 4.79 Å². The number of rotatable bonds is 3. The minimum Gasteiger partial charge on any atom is -0.393 e. The number of benzene rings is 1. The molecule has 4 nitrogen and oxygen atoms in total. The van der Waals surface area contributed by atoms with Crippen molar-refractivity contribution in [2.24, 2.45) is 10.9 Å². The van der Waals surface area contributed by atoms with Gasteiger partial charge in [0.15, 0.2) is 0 Å². The van der Waals surface area contributed by atoms with Gasteiger partial charge in [-0.25, -0.2) is 4.99 Å². The summed E-state index contributed by atoms with van der Waals surface area (Å²) in [5, 5.41) is 19.0. The standard InChI is InChI=1S/C21H18N2O2/c22-13-21(11-18(24)12-21)17-7-5-14(6-8-17)9-16-10-15-3-1-2-4-19(15)23-20(16)25/h1-8,10,15,18,24H,9,11-12H2. The number of fused-ring (bicyclic) bond motifs is 1. The molecule has 1 amide bonds. The van der Waals surface area contributed by atoms with Crippen molar-refractivity contribution in [1.29, 1.82) is 5.26 Å². The zero-order chi connectivity index (χ0) is 17.4. The zero-order valence-electron chi connectivity index (χ0n) is 13.7. The summed E-state index contributed by atoms with van der Waals surface area (Å²) in [5.74, 6) is -0.0961. The highest BCUT2D eigenvalue weighted by Gasteiger charge is 2.45. The van der Waals surface area contributed by atoms with Crippen LogP contribution in [0.2, 0.25) is 0 Å². The normalized spacial score (nSPS) is 30.0. The first kappa shape index (κ1) is 15.7. The fraction of sp³-hybridized carbons (Fsp3) is 0.286. The number of dihydropyridines is 1. The van der Waals surface area contributed by atoms with Crippen molar-refractivity contribution >= 4 is 11.6 Å². The van der Waals surface area contributed by atoms with Gasteiger partial charge in [0.25, 0.3) is 5.91 Å². The van der Waals surface area contributed by atoms with E-state index < -0.39 is 5.41 Å². The summed E-state index contributed by atoms with van der Waals surface area (Å²) < 4.78 is 0. The average Bonchev–Trinajstić information content (AvgIpc) is 2.60. The number of amides is 1. The second-order valence-electron chi connectivity index (χ2n) is 6.93. The third-order valence-corrected chi connectivity index (χ3v) is 5.21. The van der Waals surface area contributed by atoms with Gasteiger partial charge in [0.1, 0.15) is 0 Å². The fourth-order valence-electron chi connectivity index (χ4n) is 3.71. The van der Waals surface area contributed by atoms with Crippen molar-refractivity contribution in [3.63, 3.8) is 0 Å². The van der Waals surface area contributed by atoms with Crippen LogP contribution in [-0.4, -0.2) is 22.8 Å². The van der Waals surface area contributed by atoms with Crippen molar-refractivity contribution < 1.29 is 9.90 Å². The van der Waals surface area contributed by atoms with Gasteiger partial charge in [0.2, 0.25) is 0 Å². The lowest BCUT2D eigenvalue weighted by Gasteiger charge is -2.40. The number of hydrogen-bond acceptors (Lipinski definition) is 3. The van der Waals surface area contributed by atoms with Crippen LogP contribution in [0.5, 0.6) is 0 Å². The van der Waals surface area contributed by atoms with Gasteiger partial charge in [0.05, 0.1) is 23.3 Å². The Bertz CT molecular complexity index is 875. The Hall–Kier alpha value is -2.77. The van der Waals surface area contributed by atoms with E-state index in [1.165, 1.54) is 0 Å². The van der Waals surface area contributed by atoms with E-state index >= 15 is 0 Å². The molecule has 124 valence electrons. The quantitative estimate of drug-likeness (QED) is 0.926. The zero-order valence-corrected chi connectivity index (χ0v) is 13.7. The van der Waals surface area contributed by atoms with E-state index in [1.54, 1.807) is 0 Å². The van der Waals surface area contributed by atoms with E-state index in [0.29, 0.717) is 24.8 Å². The highest BCUT2D eigenvalue weighted by Crippen LogP contribution is 2.43. The van der Waals surface area contributed by atoms with E-state index in [2.05, 4.69) is 11.1 Å². The highest BCUT2D eigenvalue weighted by atomic mass is 16.3. The average molecular weight is 330 g/mol. The number of allylic oxidation sites excluding steroid dienone is 5. The smallest absolute Gasteiger partial charge is 0.273 e. The molecule has 0 spiro atoms. The molecule has 3 aliphatic rings. The maximum absolute atomic E-state index is 12.2. The summed E-state index contributed by atoms with van der Waals surface area (Å²) in [6.45, 7) is 0. The second-order valence-corrected chi connectivity index (χ2v) is 6.93. The molecule has 1 aromatic rings. The molecule has 1 unspecified atom stereocenters. The summed E-state index contributed by atoms with van der Waals surface area (Å²) in [7, 11) is 0. The summed E-state index contributed by atoms with van der Waals surface area (Å²) in [6, 6.07) is 10.1. The van der Waals surface area contributed by atoms with Crippen LogP contribution >= 0.6 is 0 Å². The molecule has 1 aromatic carbocycles. The third-order valence-electron chi connectivity index (χ3n) is 5.21. The Labute approximate surface area is 146 Å². The van der Waals surface area contributed by atoms with Gasteiger partial charge in [-0.2, -0.15) is 5.26 Å². The molecule has 0 saturated heterocycles. The number of nitrogens with zero attached hydrogens (tertiary/aromatic N) is 2. The molecule has 1 atom stereocenters. The molecule has 4 heteroatoms. The molecule has 1 saturated carbocycles. The van der Waals surface area contributed by atoms with Gasteiger partial charge in [0, 0.05) is 17.9 Å². The number of aliphatic hydroxyl groups excluding tert-OH is 1. The van der Waals surface area contributed by atoms with E-state index in [4.69, 9.17) is 0 Å². The first-order valence-electron chi connectivity index (χ1n) is 8.47. The lowest BCUT2D eigenvalue weighted by atomic mass is 9.64. The molecular weight excluding hydrogens is 312 g/mol. The number of carbonyl (C=O) groups excluding carboxylic acids is 1. The molecule has 25 heavy (non-hydrogen) atoms. The summed E-state index contributed by atoms with van der Waals surface area (Å²) in [6.07, 6.45) is 10.9. The Morgan fingerprint density at radius 2 is 2.00 bits per heavy atom. The van der Waals surface area contributed by atoms with Crippen LogP contribution in [-0.2, 0) is 16.6 Å². The van der Waals surface area contributed by atoms with Crippen molar-refractivity contribution in [2.75, 3.05) is 0 Å². The molecule has 0 aromatic heterocycles. The van der Waals surface area contributed by atoms with Gasteiger partial charge < -0.3 is 5.11 Å². The molecule has 1 N–H and O–H groups in total. The van der Waals surface area contributed by atoms with Gasteiger partial charge >= 0.3 is 0 Å². The number of hydrogen-bond donors (Lipinski definition) is 1. The highest BCUT2D eigenvalue weighted by molar-refractivity contribution is 6.13. The number of aliphatic imine (C=N–C) groups is 1. The Morgan fingerprint density at radius 3 is 2.68 bits per heavy atom. The molecule has 0 radical (unpaired) electrons. The van der Waals surface area contributed by atoms with Crippen LogP contribution in [0.25, 0.3) is 0 Å². The fourth-order valence-corrected chi connectivity index (χ4v) is 3.71. The van der Waals surface area contributed by atoms with Crippen molar-refractivity contribution in [3.8, 4) is 6.07 Å². The SMILES string of the molecule is N#CC1(c2ccc(CC3=CC4C=CC=CC4=NC3=O)cc2)CC(O)C1. The summed E-state index contributed by atoms with van der Waals surface area (Å²) >= 11 is 0. The van der Waals surface area contributed by atoms with E-state index in [9.17, 15) is 15.2 Å². The molecular formula is C21H18N2O2. The topological polar surface area (TPSA) is 73.5 Å². The van der Waals surface area contributed by atoms with Crippen LogP contribution in [0.4, 0.5) is 0 Å². The monoisotopic (exact) mass is 330 g/mol. The minimum atomic E-state index is -0.559. The summed E-state index contributed by atoms with van der Waals surface area (Å²) in [4.78, 5) is 16.4. The minimum absolute atomic E-state index is 0.0790. The third kappa shape index (κ3) is 2.77. The van der Waals surface area contributed by atoms with E-state index in [-0.39, 0.29) is 17.9 Å². The lowest BCUT2D eigenvalue weighted by molar-refractivity contribution is -0.114. The Balaban J connectivity index is 1.52. The van der Waals surface area contributed by atoms with Crippen LogP contribution in [0.1, 0.15) is 24.0 Å². The predicted octanol–water partition coefficient (Wildman–Crippen LogP) is 2.79. The van der Waals surface area contributed by atoms with Crippen molar-refractivity contribution in [2.45, 2.75) is 30.8 Å². The van der Waals surface area contributed by atoms with Gasteiger partial charge in [-0.05, 0) is 30.0 Å². The molecule has 1 aliphatic heterocycles. The molecule has 0 bridgehead atoms. The number of nitriles is 1. The number of aliphatic hydroxyl groups is 1. The van der Waals surface area contributed by atoms with E-state index in [1.807, 2.05) is 54.6 Å². The van der Waals surface area contributed by atoms with Gasteiger partial charge in [-0.1, -0.05) is 48.6 Å². The summed E-state index contributed by atoms with van der Waals surface area (Å²) in [5.41, 5.74) is 2.90. The second kappa shape index (κ2) is 5.94. The molecule has 4 rings (SSSR count). The Morgan fingerprint density at radius 1 is 1.24 bits per heavy atom. The lowest BCUT2D eigenvalue weighted by Crippen LogP contribution is -2.43. The molecule has 1 heterocycles. The molecule has 1 fully saturated rings. The maximum Gasteiger partial charge on any atom is 0.273 e. The Kier molecular flexibility index (Phi) is 3.74. The van der Waals surface area contributed by atoms with Crippen LogP contribution < -0.4 is 0 Å². The first-order chi connectivity index (χ1) is 12.1.